The van der Waals surface area contributed by atoms with E-state index < -0.39 is 11.8 Å². The van der Waals surface area contributed by atoms with Gasteiger partial charge in [-0.2, -0.15) is 0 Å². The van der Waals surface area contributed by atoms with E-state index >= 15 is 0 Å². The number of hydrogen-bond donors (Lipinski definition) is 0. The van der Waals surface area contributed by atoms with Gasteiger partial charge < -0.3 is 0 Å². The molecule has 28 heavy (non-hydrogen) atoms. The van der Waals surface area contributed by atoms with Crippen LogP contribution in [0.2, 0.25) is 0 Å². The molecule has 2 bridgehead atoms. The van der Waals surface area contributed by atoms with Crippen molar-refractivity contribution < 1.29 is 9.59 Å². The molecule has 7 rings (SSSR count). The first-order chi connectivity index (χ1) is 13.7. The average Bonchev–Trinajstić information content (AvgIpc) is 3.41. The van der Waals surface area contributed by atoms with E-state index in [9.17, 15) is 9.59 Å². The van der Waals surface area contributed by atoms with Gasteiger partial charge in [0.25, 0.3) is 0 Å². The fourth-order valence-electron chi connectivity index (χ4n) is 4.51. The minimum absolute atomic E-state index is 0.264. The molecular weight excluding hydrogens is 384 g/mol. The molecule has 2 atom stereocenters. The highest BCUT2D eigenvalue weighted by Gasteiger charge is 2.48. The highest BCUT2D eigenvalue weighted by Crippen LogP contribution is 2.50. The molecule has 3 aliphatic carbocycles. The Kier molecular flexibility index (Phi) is 3.37. The number of ketones is 2. The van der Waals surface area contributed by atoms with Crippen LogP contribution in [-0.4, -0.2) is 11.6 Å². The molecule has 0 radical (unpaired) electrons. The van der Waals surface area contributed by atoms with Crippen molar-refractivity contribution in [2.45, 2.75) is 11.8 Å². The van der Waals surface area contributed by atoms with E-state index in [1.54, 1.807) is 22.7 Å². The minimum atomic E-state index is -0.458. The average molecular weight is 399 g/mol. The summed E-state index contributed by atoms with van der Waals surface area (Å²) in [5, 5.41) is 2.09. The van der Waals surface area contributed by atoms with Crippen LogP contribution >= 0.6 is 22.7 Å². The summed E-state index contributed by atoms with van der Waals surface area (Å²) in [6.07, 6.45) is 0. The number of thiophene rings is 2. The van der Waals surface area contributed by atoms with Crippen LogP contribution in [-0.2, 0) is 9.59 Å². The van der Waals surface area contributed by atoms with Crippen LogP contribution in [0.1, 0.15) is 34.1 Å². The number of Topliss-reactive ketones (excluding diaryl/α,β-unsaturated/α-hetero) is 2. The molecule has 0 saturated heterocycles. The summed E-state index contributed by atoms with van der Waals surface area (Å²) >= 11 is 3.50. The predicted octanol–water partition coefficient (Wildman–Crippen LogP) is 5.87. The molecule has 4 heteroatoms. The van der Waals surface area contributed by atoms with Crippen molar-refractivity contribution in [2.24, 2.45) is 0 Å². The molecule has 2 nitrogen and oxygen atoms in total. The van der Waals surface area contributed by atoms with Crippen LogP contribution in [0.25, 0.3) is 20.2 Å². The van der Waals surface area contributed by atoms with Crippen LogP contribution in [0.3, 0.4) is 0 Å². The lowest BCUT2D eigenvalue weighted by Gasteiger charge is -2.38. The second-order valence-corrected chi connectivity index (χ2v) is 9.24. The maximum atomic E-state index is 12.8. The van der Waals surface area contributed by atoms with Crippen LogP contribution < -0.4 is 0 Å². The molecule has 0 amide bonds. The van der Waals surface area contributed by atoms with E-state index in [-0.39, 0.29) is 11.6 Å². The Labute approximate surface area is 170 Å². The largest absolute Gasteiger partial charge is 0.290 e. The van der Waals surface area contributed by atoms with Gasteiger partial charge in [-0.05, 0) is 57.5 Å². The van der Waals surface area contributed by atoms with Gasteiger partial charge in [0.05, 0.1) is 11.8 Å². The van der Waals surface area contributed by atoms with E-state index in [1.165, 1.54) is 14.6 Å². The Balaban J connectivity index is 1.50. The second-order valence-electron chi connectivity index (χ2n) is 7.21. The second kappa shape index (κ2) is 5.84. The van der Waals surface area contributed by atoms with Crippen LogP contribution in [0.5, 0.6) is 0 Å². The van der Waals surface area contributed by atoms with E-state index in [1.807, 2.05) is 30.3 Å². The molecular formula is C24H14O2S2. The fourth-order valence-corrected chi connectivity index (χ4v) is 6.34. The van der Waals surface area contributed by atoms with Crippen molar-refractivity contribution in [1.29, 1.82) is 0 Å². The standard InChI is InChI=1S/C24H14O2S2/c25-23-21-14-4-1-2-5-15(14)22(24(23)26)17-12-13(7-8-16(17)21)18-9-10-20(28-18)19-6-3-11-27-19/h1-12,21-22H. The Hall–Kier alpha value is -2.82. The molecule has 0 aliphatic heterocycles. The number of hydrogen-bond acceptors (Lipinski definition) is 4. The van der Waals surface area contributed by atoms with Crippen LogP contribution in [0.4, 0.5) is 0 Å². The molecule has 2 aromatic heterocycles. The lowest BCUT2D eigenvalue weighted by Crippen LogP contribution is -2.40. The van der Waals surface area contributed by atoms with Gasteiger partial charge in [0, 0.05) is 14.6 Å². The van der Waals surface area contributed by atoms with Gasteiger partial charge in [-0.15, -0.1) is 22.7 Å². The summed E-state index contributed by atoms with van der Waals surface area (Å²) in [6.45, 7) is 0. The molecule has 0 spiro atoms. The van der Waals surface area contributed by atoms with Crippen LogP contribution in [0.15, 0.2) is 72.1 Å². The lowest BCUT2D eigenvalue weighted by atomic mass is 9.62. The van der Waals surface area contributed by atoms with Crippen molar-refractivity contribution >= 4 is 34.2 Å². The molecule has 134 valence electrons. The highest BCUT2D eigenvalue weighted by atomic mass is 32.1. The number of benzene rings is 2. The lowest BCUT2D eigenvalue weighted by molar-refractivity contribution is -0.138. The smallest absolute Gasteiger partial charge is 0.211 e. The predicted molar refractivity (Wildman–Crippen MR) is 113 cm³/mol. The maximum Gasteiger partial charge on any atom is 0.211 e. The summed E-state index contributed by atoms with van der Waals surface area (Å²) < 4.78 is 0. The van der Waals surface area contributed by atoms with Gasteiger partial charge in [0.15, 0.2) is 0 Å². The first-order valence-electron chi connectivity index (χ1n) is 9.17. The van der Waals surface area contributed by atoms with Crippen molar-refractivity contribution in [3.05, 3.63) is 94.4 Å². The molecule has 4 aromatic rings. The Morgan fingerprint density at radius 3 is 2.00 bits per heavy atom. The van der Waals surface area contributed by atoms with Gasteiger partial charge >= 0.3 is 0 Å². The van der Waals surface area contributed by atoms with Crippen molar-refractivity contribution in [2.75, 3.05) is 0 Å². The first kappa shape index (κ1) is 16.2. The molecule has 2 heterocycles. The van der Waals surface area contributed by atoms with Gasteiger partial charge in [0.2, 0.25) is 11.6 Å². The summed E-state index contributed by atoms with van der Waals surface area (Å²) in [7, 11) is 0. The molecule has 0 N–H and O–H groups in total. The van der Waals surface area contributed by atoms with Gasteiger partial charge in [-0.3, -0.25) is 9.59 Å². The molecule has 0 fully saturated rings. The van der Waals surface area contributed by atoms with Gasteiger partial charge in [-0.25, -0.2) is 0 Å². The van der Waals surface area contributed by atoms with Gasteiger partial charge in [-0.1, -0.05) is 42.5 Å². The topological polar surface area (TPSA) is 34.1 Å². The zero-order valence-electron chi connectivity index (χ0n) is 14.7. The Morgan fingerprint density at radius 1 is 0.607 bits per heavy atom. The zero-order chi connectivity index (χ0) is 18.8. The van der Waals surface area contributed by atoms with Crippen molar-refractivity contribution in [3.63, 3.8) is 0 Å². The number of rotatable bonds is 2. The van der Waals surface area contributed by atoms with Crippen molar-refractivity contribution in [3.8, 4) is 20.2 Å². The first-order valence-corrected chi connectivity index (χ1v) is 10.9. The quantitative estimate of drug-likeness (QED) is 0.396. The fraction of sp³-hybridized carbons (Fsp3) is 0.0833. The number of fused-ring (bicyclic) bond motifs is 1. The molecule has 2 aromatic carbocycles. The third-order valence-corrected chi connectivity index (χ3v) is 7.95. The summed E-state index contributed by atoms with van der Waals surface area (Å²) in [6, 6.07) is 22.6. The Bertz CT molecular complexity index is 1260. The molecule has 3 aliphatic rings. The van der Waals surface area contributed by atoms with E-state index in [0.717, 1.165) is 27.8 Å². The normalized spacial score (nSPS) is 19.6. The molecule has 2 unspecified atom stereocenters. The minimum Gasteiger partial charge on any atom is -0.290 e. The summed E-state index contributed by atoms with van der Waals surface area (Å²) in [5.41, 5.74) is 5.08. The van der Waals surface area contributed by atoms with E-state index in [0.29, 0.717) is 0 Å². The zero-order valence-corrected chi connectivity index (χ0v) is 16.3. The number of carbonyl (C=O) groups is 2. The highest BCUT2D eigenvalue weighted by molar-refractivity contribution is 7.23. The Morgan fingerprint density at radius 2 is 1.29 bits per heavy atom. The SMILES string of the molecule is O=C1C(=O)C2c3ccccc3C1c1ccc(-c3ccc(-c4cccs4)s3)cc12. The van der Waals surface area contributed by atoms with E-state index in [4.69, 9.17) is 0 Å². The maximum absolute atomic E-state index is 12.8. The van der Waals surface area contributed by atoms with E-state index in [2.05, 4.69) is 41.8 Å². The third-order valence-electron chi connectivity index (χ3n) is 5.75. The van der Waals surface area contributed by atoms with Crippen molar-refractivity contribution in [1.82, 2.24) is 0 Å². The number of carbonyl (C=O) groups excluding carboxylic acids is 2. The summed E-state index contributed by atoms with van der Waals surface area (Å²) in [5.74, 6) is -1.43. The monoisotopic (exact) mass is 398 g/mol. The third kappa shape index (κ3) is 2.13. The van der Waals surface area contributed by atoms with Gasteiger partial charge in [0.1, 0.15) is 0 Å². The summed E-state index contributed by atoms with van der Waals surface area (Å²) in [4.78, 5) is 29.1. The molecule has 0 saturated carbocycles. The van der Waals surface area contributed by atoms with Crippen LogP contribution in [0, 0.1) is 0 Å².